The van der Waals surface area contributed by atoms with E-state index in [0.717, 1.165) is 11.1 Å². The number of hydrogen-bond acceptors (Lipinski definition) is 4. The van der Waals surface area contributed by atoms with Gasteiger partial charge in [0.05, 0.1) is 17.9 Å². The van der Waals surface area contributed by atoms with Crippen LogP contribution in [-0.4, -0.2) is 33.1 Å². The summed E-state index contributed by atoms with van der Waals surface area (Å²) in [7, 11) is -3.29. The molecule has 1 aromatic carbocycles. The molecule has 1 fully saturated rings. The van der Waals surface area contributed by atoms with E-state index in [9.17, 15) is 13.7 Å². The highest BCUT2D eigenvalue weighted by Gasteiger charge is 2.71. The van der Waals surface area contributed by atoms with Crippen molar-refractivity contribution in [3.8, 4) is 6.07 Å². The van der Waals surface area contributed by atoms with E-state index in [0.29, 0.717) is 6.61 Å². The molecule has 20 heavy (non-hydrogen) atoms. The maximum absolute atomic E-state index is 12.0. The first kappa shape index (κ1) is 15.0. The van der Waals surface area contributed by atoms with Crippen LogP contribution in [0.4, 0.5) is 0 Å². The van der Waals surface area contributed by atoms with Crippen molar-refractivity contribution in [2.75, 3.05) is 19.5 Å². The second-order valence-corrected chi connectivity index (χ2v) is 7.59. The number of nitrogens with zero attached hydrogens (tertiary/aromatic N) is 1. The van der Waals surface area contributed by atoms with Crippen LogP contribution in [0.1, 0.15) is 24.0 Å². The molecule has 0 amide bonds. The molecule has 0 aliphatic heterocycles. The summed E-state index contributed by atoms with van der Waals surface area (Å²) in [6.07, 6.45) is 1.20. The Balaban J connectivity index is 2.40. The Morgan fingerprint density at radius 2 is 1.95 bits per heavy atom. The summed E-state index contributed by atoms with van der Waals surface area (Å²) in [5, 5.41) is 8.84. The van der Waals surface area contributed by atoms with Gasteiger partial charge in [0.1, 0.15) is 5.41 Å². The van der Waals surface area contributed by atoms with E-state index in [2.05, 4.69) is 6.07 Å². The monoisotopic (exact) mass is 293 g/mol. The highest BCUT2D eigenvalue weighted by molar-refractivity contribution is 7.91. The molecule has 0 aromatic heterocycles. The number of ether oxygens (including phenoxy) is 1. The van der Waals surface area contributed by atoms with Crippen LogP contribution in [0, 0.1) is 23.7 Å². The zero-order valence-electron chi connectivity index (χ0n) is 12.0. The Morgan fingerprint density at radius 1 is 1.35 bits per heavy atom. The minimum Gasteiger partial charge on any atom is -0.380 e. The van der Waals surface area contributed by atoms with Crippen LogP contribution in [0.15, 0.2) is 24.3 Å². The second kappa shape index (κ2) is 5.19. The van der Waals surface area contributed by atoms with Crippen LogP contribution in [-0.2, 0) is 14.6 Å². The Labute approximate surface area is 120 Å². The zero-order chi connectivity index (χ0) is 15.0. The van der Waals surface area contributed by atoms with Crippen molar-refractivity contribution in [3.05, 3.63) is 35.4 Å². The van der Waals surface area contributed by atoms with Gasteiger partial charge in [-0.1, -0.05) is 29.8 Å². The quantitative estimate of drug-likeness (QED) is 0.833. The van der Waals surface area contributed by atoms with Crippen molar-refractivity contribution >= 4 is 9.84 Å². The fourth-order valence-corrected chi connectivity index (χ4v) is 4.74. The standard InChI is InChI=1S/C15H19NO3S/c1-4-19-10-15(9-16)13(14(15)20(3,17)18)12-7-5-11(2)6-8-12/h5-8,13-14H,4,10H2,1-3H3/t13-,14-,15-/m1/s1. The van der Waals surface area contributed by atoms with Crippen molar-refractivity contribution in [1.82, 2.24) is 0 Å². The van der Waals surface area contributed by atoms with Crippen LogP contribution in [0.25, 0.3) is 0 Å². The molecule has 1 saturated carbocycles. The summed E-state index contributed by atoms with van der Waals surface area (Å²) in [6, 6.07) is 9.90. The van der Waals surface area contributed by atoms with E-state index in [4.69, 9.17) is 4.74 Å². The van der Waals surface area contributed by atoms with Crippen LogP contribution in [0.3, 0.4) is 0 Å². The molecule has 0 radical (unpaired) electrons. The van der Waals surface area contributed by atoms with Gasteiger partial charge in [-0.25, -0.2) is 8.42 Å². The second-order valence-electron chi connectivity index (χ2n) is 5.43. The van der Waals surface area contributed by atoms with E-state index >= 15 is 0 Å². The normalized spacial score (nSPS) is 28.9. The minimum atomic E-state index is -3.29. The third-order valence-electron chi connectivity index (χ3n) is 3.91. The van der Waals surface area contributed by atoms with E-state index in [1.54, 1.807) is 0 Å². The van der Waals surface area contributed by atoms with E-state index in [-0.39, 0.29) is 12.5 Å². The molecule has 2 rings (SSSR count). The number of nitriles is 1. The lowest BCUT2D eigenvalue weighted by Crippen LogP contribution is -2.18. The fraction of sp³-hybridized carbons (Fsp3) is 0.533. The number of hydrogen-bond donors (Lipinski definition) is 0. The molecular weight excluding hydrogens is 274 g/mol. The largest absolute Gasteiger partial charge is 0.380 e. The lowest BCUT2D eigenvalue weighted by Gasteiger charge is -2.08. The topological polar surface area (TPSA) is 67.2 Å². The summed E-state index contributed by atoms with van der Waals surface area (Å²) >= 11 is 0. The molecule has 5 heteroatoms. The lowest BCUT2D eigenvalue weighted by atomic mass is 10.0. The maximum Gasteiger partial charge on any atom is 0.152 e. The molecule has 0 heterocycles. The summed E-state index contributed by atoms with van der Waals surface area (Å²) in [5.74, 6) is -0.297. The van der Waals surface area contributed by atoms with Gasteiger partial charge in [-0.05, 0) is 19.4 Å². The van der Waals surface area contributed by atoms with Gasteiger partial charge < -0.3 is 4.74 Å². The van der Waals surface area contributed by atoms with Crippen molar-refractivity contribution in [2.45, 2.75) is 25.0 Å². The van der Waals surface area contributed by atoms with Gasteiger partial charge in [-0.3, -0.25) is 0 Å². The van der Waals surface area contributed by atoms with Crippen LogP contribution in [0.5, 0.6) is 0 Å². The van der Waals surface area contributed by atoms with Gasteiger partial charge in [-0.2, -0.15) is 5.26 Å². The highest BCUT2D eigenvalue weighted by atomic mass is 32.2. The molecule has 3 atom stereocenters. The van der Waals surface area contributed by atoms with Crippen molar-refractivity contribution in [3.63, 3.8) is 0 Å². The average Bonchev–Trinajstić information content (AvgIpc) is 3.07. The molecule has 1 aliphatic carbocycles. The summed E-state index contributed by atoms with van der Waals surface area (Å²) in [6.45, 7) is 4.45. The molecule has 4 nitrogen and oxygen atoms in total. The maximum atomic E-state index is 12.0. The number of benzene rings is 1. The van der Waals surface area contributed by atoms with E-state index in [1.165, 1.54) is 6.26 Å². The van der Waals surface area contributed by atoms with E-state index < -0.39 is 20.5 Å². The predicted molar refractivity (Wildman–Crippen MR) is 77.1 cm³/mol. The van der Waals surface area contributed by atoms with Gasteiger partial charge in [0.2, 0.25) is 0 Å². The molecule has 0 saturated heterocycles. The molecular formula is C15H19NO3S. The predicted octanol–water partition coefficient (Wildman–Crippen LogP) is 2.05. The third-order valence-corrected chi connectivity index (χ3v) is 5.52. The molecule has 0 bridgehead atoms. The van der Waals surface area contributed by atoms with Gasteiger partial charge in [0.25, 0.3) is 0 Å². The van der Waals surface area contributed by atoms with Crippen molar-refractivity contribution in [2.24, 2.45) is 5.41 Å². The van der Waals surface area contributed by atoms with Crippen molar-refractivity contribution < 1.29 is 13.2 Å². The van der Waals surface area contributed by atoms with Crippen LogP contribution >= 0.6 is 0 Å². The molecule has 0 spiro atoms. The number of aryl methyl sites for hydroxylation is 1. The van der Waals surface area contributed by atoms with Crippen molar-refractivity contribution in [1.29, 1.82) is 5.26 Å². The smallest absolute Gasteiger partial charge is 0.152 e. The third kappa shape index (κ3) is 2.46. The Kier molecular flexibility index (Phi) is 3.90. The lowest BCUT2D eigenvalue weighted by molar-refractivity contribution is 0.117. The van der Waals surface area contributed by atoms with Gasteiger partial charge in [0, 0.05) is 18.8 Å². The van der Waals surface area contributed by atoms with Crippen LogP contribution in [0.2, 0.25) is 0 Å². The molecule has 1 aromatic rings. The SMILES string of the molecule is CCOC[C@]1(C#N)[C@H](c2ccc(C)cc2)[C@H]1S(C)(=O)=O. The average molecular weight is 293 g/mol. The zero-order valence-corrected chi connectivity index (χ0v) is 12.8. The molecule has 0 unspecified atom stereocenters. The summed E-state index contributed by atoms with van der Waals surface area (Å²) in [4.78, 5) is 0. The van der Waals surface area contributed by atoms with Crippen LogP contribution < -0.4 is 0 Å². The first-order valence-corrected chi connectivity index (χ1v) is 8.56. The number of sulfone groups is 1. The molecule has 0 N–H and O–H groups in total. The minimum absolute atomic E-state index is 0.163. The number of rotatable bonds is 5. The summed E-state index contributed by atoms with van der Waals surface area (Å²) in [5.41, 5.74) is 1.06. The highest BCUT2D eigenvalue weighted by Crippen LogP contribution is 2.62. The van der Waals surface area contributed by atoms with Gasteiger partial charge in [0.15, 0.2) is 9.84 Å². The first-order chi connectivity index (χ1) is 9.36. The fourth-order valence-electron chi connectivity index (χ4n) is 2.89. The Hall–Kier alpha value is -1.38. The van der Waals surface area contributed by atoms with Gasteiger partial charge in [-0.15, -0.1) is 0 Å². The van der Waals surface area contributed by atoms with Gasteiger partial charge >= 0.3 is 0 Å². The first-order valence-electron chi connectivity index (χ1n) is 6.61. The Bertz CT molecular complexity index is 630. The Morgan fingerprint density at radius 3 is 2.40 bits per heavy atom. The molecule has 108 valence electrons. The molecule has 1 aliphatic rings. The summed E-state index contributed by atoms with van der Waals surface area (Å²) < 4.78 is 29.3. The van der Waals surface area contributed by atoms with E-state index in [1.807, 2.05) is 38.1 Å².